The van der Waals surface area contributed by atoms with Crippen LogP contribution in [0.25, 0.3) is 0 Å². The third-order valence-electron chi connectivity index (χ3n) is 0.478. The Hall–Kier alpha value is -0.900. The highest BCUT2D eigenvalue weighted by atomic mass is 16.2. The lowest BCUT2D eigenvalue weighted by Crippen LogP contribution is -2.31. The number of amides is 2. The van der Waals surface area contributed by atoms with E-state index in [1.807, 2.05) is 0 Å². The molecule has 2 N–H and O–H groups in total. The predicted molar refractivity (Wildman–Crippen MR) is 31.8 cm³/mol. The summed E-state index contributed by atoms with van der Waals surface area (Å²) in [5.74, 6) is 0. The number of hydrogen-bond acceptors (Lipinski definition) is 2. The molecule has 0 aliphatic heterocycles. The first kappa shape index (κ1) is 7.10. The Kier molecular flexibility index (Phi) is 3.78. The van der Waals surface area contributed by atoms with Gasteiger partial charge in [-0.25, -0.2) is 15.2 Å². The molecular formula is C4H9N3O. The van der Waals surface area contributed by atoms with E-state index in [1.165, 1.54) is 6.21 Å². The summed E-state index contributed by atoms with van der Waals surface area (Å²) in [5.41, 5.74) is 4.70. The average molecular weight is 115 g/mol. The molecule has 4 nitrogen and oxygen atoms in total. The van der Waals surface area contributed by atoms with E-state index in [0.29, 0.717) is 0 Å². The molecular weight excluding hydrogens is 106 g/mol. The molecule has 0 saturated carbocycles. The smallest absolute Gasteiger partial charge is 0.272 e. The van der Waals surface area contributed by atoms with Gasteiger partial charge in [-0.15, -0.1) is 0 Å². The number of carbonyl (C=O) groups is 1. The number of rotatable bonds is 1. The van der Waals surface area contributed by atoms with E-state index in [1.54, 1.807) is 14.0 Å². The van der Waals surface area contributed by atoms with Crippen LogP contribution in [0.5, 0.6) is 0 Å². The van der Waals surface area contributed by atoms with E-state index < -0.39 is 0 Å². The molecule has 0 aromatic carbocycles. The lowest BCUT2D eigenvalue weighted by Gasteiger charge is -1.92. The van der Waals surface area contributed by atoms with Crippen LogP contribution in [0, 0.1) is 0 Å². The van der Waals surface area contributed by atoms with Crippen LogP contribution in [0.3, 0.4) is 0 Å². The normalized spacial score (nSPS) is 9.75. The molecule has 0 heterocycles. The van der Waals surface area contributed by atoms with Gasteiger partial charge in [0.25, 0.3) is 0 Å². The monoisotopic (exact) mass is 115 g/mol. The summed E-state index contributed by atoms with van der Waals surface area (Å²) in [4.78, 5) is 13.6. The number of carbonyl (C=O) groups excluding carboxylic acids is 1. The van der Waals surface area contributed by atoms with Crippen molar-refractivity contribution in [2.45, 2.75) is 6.92 Å². The van der Waals surface area contributed by atoms with Crippen molar-refractivity contribution in [2.24, 2.45) is 4.99 Å². The van der Waals surface area contributed by atoms with Crippen LogP contribution in [0.15, 0.2) is 4.99 Å². The molecule has 0 radical (unpaired) electrons. The first-order chi connectivity index (χ1) is 3.81. The number of hydrogen-bond donors (Lipinski definition) is 2. The molecule has 0 atom stereocenters. The summed E-state index contributed by atoms with van der Waals surface area (Å²) in [5, 5.41) is 0. The standard InChI is InChI=1S/C4H9N3O/c1-3-6-4(8)7-5-2/h3,5H,1-2H3,(H,7,8)/b6-3+. The van der Waals surface area contributed by atoms with E-state index in [-0.39, 0.29) is 6.03 Å². The van der Waals surface area contributed by atoms with Crippen LogP contribution in [0.1, 0.15) is 6.92 Å². The predicted octanol–water partition coefficient (Wildman–Crippen LogP) is -0.0789. The van der Waals surface area contributed by atoms with Gasteiger partial charge in [-0.3, -0.25) is 5.43 Å². The number of nitrogens with zero attached hydrogens (tertiary/aromatic N) is 1. The van der Waals surface area contributed by atoms with Gasteiger partial charge in [0.05, 0.1) is 0 Å². The van der Waals surface area contributed by atoms with Gasteiger partial charge in [0, 0.05) is 13.3 Å². The second-order valence-electron chi connectivity index (χ2n) is 1.07. The highest BCUT2D eigenvalue weighted by molar-refractivity contribution is 5.82. The van der Waals surface area contributed by atoms with Crippen molar-refractivity contribution >= 4 is 12.2 Å². The van der Waals surface area contributed by atoms with E-state index >= 15 is 0 Å². The average Bonchev–Trinajstić information content (AvgIpc) is 1.68. The zero-order valence-corrected chi connectivity index (χ0v) is 4.93. The summed E-state index contributed by atoms with van der Waals surface area (Å²) in [7, 11) is 1.60. The Bertz CT molecular complexity index is 99.5. The lowest BCUT2D eigenvalue weighted by atomic mass is 10.9. The summed E-state index contributed by atoms with van der Waals surface area (Å²) >= 11 is 0. The first-order valence-corrected chi connectivity index (χ1v) is 2.26. The Labute approximate surface area is 48.0 Å². The molecule has 0 bridgehead atoms. The van der Waals surface area contributed by atoms with Crippen molar-refractivity contribution in [3.05, 3.63) is 0 Å². The fourth-order valence-corrected chi connectivity index (χ4v) is 0.256. The van der Waals surface area contributed by atoms with Crippen molar-refractivity contribution in [3.8, 4) is 0 Å². The maximum absolute atomic E-state index is 10.3. The minimum absolute atomic E-state index is 0.380. The van der Waals surface area contributed by atoms with Gasteiger partial charge >= 0.3 is 6.03 Å². The highest BCUT2D eigenvalue weighted by Gasteiger charge is 1.86. The van der Waals surface area contributed by atoms with Crippen molar-refractivity contribution in [1.29, 1.82) is 0 Å². The highest BCUT2D eigenvalue weighted by Crippen LogP contribution is 1.65. The molecule has 0 saturated heterocycles. The Morgan fingerprint density at radius 3 is 2.75 bits per heavy atom. The van der Waals surface area contributed by atoms with Crippen molar-refractivity contribution < 1.29 is 4.79 Å². The Morgan fingerprint density at radius 1 is 1.75 bits per heavy atom. The molecule has 0 fully saturated rings. The summed E-state index contributed by atoms with van der Waals surface area (Å²) in [6.07, 6.45) is 1.42. The van der Waals surface area contributed by atoms with E-state index in [4.69, 9.17) is 0 Å². The van der Waals surface area contributed by atoms with E-state index in [9.17, 15) is 4.79 Å². The van der Waals surface area contributed by atoms with Gasteiger partial charge < -0.3 is 0 Å². The molecule has 0 aromatic heterocycles. The zero-order valence-electron chi connectivity index (χ0n) is 4.93. The second kappa shape index (κ2) is 4.26. The third-order valence-corrected chi connectivity index (χ3v) is 0.478. The van der Waals surface area contributed by atoms with Crippen LogP contribution in [0.4, 0.5) is 4.79 Å². The third kappa shape index (κ3) is 3.30. The quantitative estimate of drug-likeness (QED) is 0.371. The molecule has 0 aliphatic carbocycles. The van der Waals surface area contributed by atoms with Crippen LogP contribution in [-0.2, 0) is 0 Å². The maximum Gasteiger partial charge on any atom is 0.354 e. The van der Waals surface area contributed by atoms with Gasteiger partial charge in [0.1, 0.15) is 0 Å². The summed E-state index contributed by atoms with van der Waals surface area (Å²) < 4.78 is 0. The second-order valence-corrected chi connectivity index (χ2v) is 1.07. The molecule has 0 rings (SSSR count). The molecule has 0 spiro atoms. The van der Waals surface area contributed by atoms with Crippen molar-refractivity contribution in [2.75, 3.05) is 7.05 Å². The van der Waals surface area contributed by atoms with Crippen molar-refractivity contribution in [1.82, 2.24) is 10.9 Å². The van der Waals surface area contributed by atoms with Gasteiger partial charge in [-0.2, -0.15) is 0 Å². The molecule has 0 aromatic rings. The van der Waals surface area contributed by atoms with E-state index in [0.717, 1.165) is 0 Å². The van der Waals surface area contributed by atoms with Gasteiger partial charge in [0.2, 0.25) is 0 Å². The minimum atomic E-state index is -0.380. The van der Waals surface area contributed by atoms with Gasteiger partial charge in [-0.1, -0.05) is 0 Å². The number of nitrogens with one attached hydrogen (secondary N) is 2. The van der Waals surface area contributed by atoms with Gasteiger partial charge in [0.15, 0.2) is 0 Å². The summed E-state index contributed by atoms with van der Waals surface area (Å²) in [6.45, 7) is 1.68. The lowest BCUT2D eigenvalue weighted by molar-refractivity contribution is 0.246. The molecule has 0 unspecified atom stereocenters. The first-order valence-electron chi connectivity index (χ1n) is 2.26. The number of aliphatic imine (C=N–C) groups is 1. The number of hydrazine groups is 1. The SMILES string of the molecule is C/C=N/C(=O)NNC. The Balaban J connectivity index is 3.33. The molecule has 8 heavy (non-hydrogen) atoms. The van der Waals surface area contributed by atoms with Gasteiger partial charge in [-0.05, 0) is 6.92 Å². The fraction of sp³-hybridized carbons (Fsp3) is 0.500. The number of urea groups is 1. The molecule has 46 valence electrons. The van der Waals surface area contributed by atoms with E-state index in [2.05, 4.69) is 15.8 Å². The zero-order chi connectivity index (χ0) is 6.41. The Morgan fingerprint density at radius 2 is 2.38 bits per heavy atom. The van der Waals surface area contributed by atoms with Crippen LogP contribution in [0.2, 0.25) is 0 Å². The maximum atomic E-state index is 10.3. The minimum Gasteiger partial charge on any atom is -0.272 e. The molecule has 0 aliphatic rings. The van der Waals surface area contributed by atoms with Crippen LogP contribution >= 0.6 is 0 Å². The molecule has 2 amide bonds. The van der Waals surface area contributed by atoms with Crippen molar-refractivity contribution in [3.63, 3.8) is 0 Å². The largest absolute Gasteiger partial charge is 0.354 e. The topological polar surface area (TPSA) is 53.5 Å². The molecule has 4 heteroatoms. The fourth-order valence-electron chi connectivity index (χ4n) is 0.256. The van der Waals surface area contributed by atoms with Crippen LogP contribution < -0.4 is 10.9 Å². The van der Waals surface area contributed by atoms with Crippen LogP contribution in [-0.4, -0.2) is 19.3 Å². The summed E-state index contributed by atoms with van der Waals surface area (Å²) in [6, 6.07) is -0.380.